The van der Waals surface area contributed by atoms with E-state index in [1.54, 1.807) is 35.3 Å². The number of alkyl halides is 2. The number of carbonyl (C=O) groups is 1. The van der Waals surface area contributed by atoms with Gasteiger partial charge in [0.2, 0.25) is 0 Å². The van der Waals surface area contributed by atoms with Crippen LogP contribution in [-0.2, 0) is 9.47 Å². The van der Waals surface area contributed by atoms with Gasteiger partial charge in [-0.15, -0.1) is 0 Å². The van der Waals surface area contributed by atoms with Gasteiger partial charge < -0.3 is 9.47 Å². The van der Waals surface area contributed by atoms with E-state index in [1.165, 1.54) is 0 Å². The summed E-state index contributed by atoms with van der Waals surface area (Å²) in [5.41, 5.74) is 2.40. The van der Waals surface area contributed by atoms with Gasteiger partial charge in [0.05, 0.1) is 24.4 Å². The average Bonchev–Trinajstić information content (AvgIpc) is 3.21. The summed E-state index contributed by atoms with van der Waals surface area (Å²) in [6, 6.07) is 10.4. The fraction of sp³-hybridized carbons (Fsp3) is 0.348. The third kappa shape index (κ3) is 6.67. The summed E-state index contributed by atoms with van der Waals surface area (Å²) in [6.07, 6.45) is 5.49. The quantitative estimate of drug-likeness (QED) is 0.281. The summed E-state index contributed by atoms with van der Waals surface area (Å²) in [5, 5.41) is 4.44. The minimum absolute atomic E-state index is 0.127. The molecule has 0 fully saturated rings. The van der Waals surface area contributed by atoms with Crippen LogP contribution in [0.1, 0.15) is 49.2 Å². The molecule has 0 aliphatic heterocycles. The first kappa shape index (κ1) is 24.0. The van der Waals surface area contributed by atoms with Crippen molar-refractivity contribution in [1.82, 2.24) is 14.8 Å². The molecule has 1 unspecified atom stereocenters. The van der Waals surface area contributed by atoms with E-state index >= 15 is 0 Å². The number of halogens is 3. The van der Waals surface area contributed by atoms with E-state index in [4.69, 9.17) is 4.74 Å². The number of rotatable bonds is 8. The van der Waals surface area contributed by atoms with Crippen LogP contribution in [0.2, 0.25) is 0 Å². The molecule has 170 valence electrons. The second kappa shape index (κ2) is 10.3. The van der Waals surface area contributed by atoms with Crippen LogP contribution in [0.25, 0.3) is 11.1 Å². The largest absolute Gasteiger partial charge is 0.456 e. The maximum atomic E-state index is 12.5. The highest BCUT2D eigenvalue weighted by molar-refractivity contribution is 9.10. The number of hydrogen-bond donors (Lipinski definition) is 0. The number of ether oxygens (including phenoxy) is 2. The minimum atomic E-state index is -2.82. The number of benzene rings is 1. The third-order valence-corrected chi connectivity index (χ3v) is 5.01. The van der Waals surface area contributed by atoms with Gasteiger partial charge >= 0.3 is 12.6 Å². The van der Waals surface area contributed by atoms with Crippen molar-refractivity contribution in [2.45, 2.75) is 45.4 Å². The molecule has 3 aromatic rings. The van der Waals surface area contributed by atoms with Crippen LogP contribution in [0.4, 0.5) is 8.78 Å². The lowest BCUT2D eigenvalue weighted by Crippen LogP contribution is -2.23. The van der Waals surface area contributed by atoms with Crippen molar-refractivity contribution in [2.24, 2.45) is 0 Å². The number of esters is 1. The molecule has 0 spiro atoms. The van der Waals surface area contributed by atoms with E-state index in [1.807, 2.05) is 45.2 Å². The van der Waals surface area contributed by atoms with Crippen molar-refractivity contribution in [3.8, 4) is 11.1 Å². The standard InChI is InChI=1S/C23H24BrF2N3O3/c1-23(2,3)32-21(30)16-6-4-15(5-7-16)18-13-28-29(14-18)19(10-11-31-22(25)26)17-8-9-20(24)27-12-17/h4-9,12-14,19,22H,10-11H2,1-3H3. The second-order valence-electron chi connectivity index (χ2n) is 8.14. The van der Waals surface area contributed by atoms with E-state index in [0.29, 0.717) is 16.6 Å². The molecule has 2 aromatic heterocycles. The Morgan fingerprint density at radius 1 is 1.09 bits per heavy atom. The summed E-state index contributed by atoms with van der Waals surface area (Å²) in [4.78, 5) is 16.4. The fourth-order valence-electron chi connectivity index (χ4n) is 3.10. The smallest absolute Gasteiger partial charge is 0.345 e. The molecule has 1 atom stereocenters. The number of hydrogen-bond acceptors (Lipinski definition) is 5. The molecule has 0 amide bonds. The van der Waals surface area contributed by atoms with Crippen LogP contribution >= 0.6 is 15.9 Å². The van der Waals surface area contributed by atoms with E-state index < -0.39 is 12.2 Å². The first-order valence-electron chi connectivity index (χ1n) is 10.0. The Kier molecular flexibility index (Phi) is 7.73. The van der Waals surface area contributed by atoms with Crippen LogP contribution in [0.15, 0.2) is 59.6 Å². The fourth-order valence-corrected chi connectivity index (χ4v) is 3.33. The maximum Gasteiger partial charge on any atom is 0.345 e. The molecule has 0 saturated heterocycles. The van der Waals surface area contributed by atoms with Gasteiger partial charge in [-0.25, -0.2) is 9.78 Å². The van der Waals surface area contributed by atoms with Gasteiger partial charge in [0.15, 0.2) is 0 Å². The molecule has 1 aromatic carbocycles. The lowest BCUT2D eigenvalue weighted by atomic mass is 10.1. The molecule has 6 nitrogen and oxygen atoms in total. The number of aromatic nitrogens is 3. The van der Waals surface area contributed by atoms with Gasteiger partial charge in [0.25, 0.3) is 0 Å². The Labute approximate surface area is 193 Å². The van der Waals surface area contributed by atoms with Crippen LogP contribution < -0.4 is 0 Å². The van der Waals surface area contributed by atoms with Crippen molar-refractivity contribution in [2.75, 3.05) is 6.61 Å². The van der Waals surface area contributed by atoms with E-state index in [-0.39, 0.29) is 18.6 Å². The topological polar surface area (TPSA) is 66.2 Å². The first-order chi connectivity index (χ1) is 15.1. The van der Waals surface area contributed by atoms with Crippen LogP contribution in [-0.4, -0.2) is 39.6 Å². The highest BCUT2D eigenvalue weighted by Crippen LogP contribution is 2.26. The molecule has 32 heavy (non-hydrogen) atoms. The monoisotopic (exact) mass is 507 g/mol. The summed E-state index contributed by atoms with van der Waals surface area (Å²) >= 11 is 3.30. The molecule has 0 aliphatic carbocycles. The molecule has 0 saturated carbocycles. The van der Waals surface area contributed by atoms with Gasteiger partial charge in [-0.2, -0.15) is 13.9 Å². The summed E-state index contributed by atoms with van der Waals surface area (Å²) in [6.45, 7) is 2.50. The van der Waals surface area contributed by atoms with E-state index in [0.717, 1.165) is 16.7 Å². The predicted molar refractivity (Wildman–Crippen MR) is 119 cm³/mol. The van der Waals surface area contributed by atoms with Crippen molar-refractivity contribution in [3.63, 3.8) is 0 Å². The normalized spacial score (nSPS) is 12.7. The lowest BCUT2D eigenvalue weighted by Gasteiger charge is -2.19. The van der Waals surface area contributed by atoms with Crippen molar-refractivity contribution >= 4 is 21.9 Å². The van der Waals surface area contributed by atoms with Gasteiger partial charge in [-0.1, -0.05) is 18.2 Å². The Balaban J connectivity index is 1.80. The summed E-state index contributed by atoms with van der Waals surface area (Å²) in [5.74, 6) is -0.387. The maximum absolute atomic E-state index is 12.5. The lowest BCUT2D eigenvalue weighted by molar-refractivity contribution is -0.130. The van der Waals surface area contributed by atoms with Crippen LogP contribution in [0, 0.1) is 0 Å². The number of pyridine rings is 1. The molecule has 0 aliphatic rings. The van der Waals surface area contributed by atoms with E-state index in [9.17, 15) is 13.6 Å². The zero-order valence-corrected chi connectivity index (χ0v) is 19.6. The third-order valence-electron chi connectivity index (χ3n) is 4.54. The summed E-state index contributed by atoms with van der Waals surface area (Å²) in [7, 11) is 0. The van der Waals surface area contributed by atoms with Crippen molar-refractivity contribution < 1.29 is 23.0 Å². The van der Waals surface area contributed by atoms with Gasteiger partial charge in [0.1, 0.15) is 10.2 Å². The Bertz CT molecular complexity index is 1030. The van der Waals surface area contributed by atoms with Crippen molar-refractivity contribution in [1.29, 1.82) is 0 Å². The van der Waals surface area contributed by atoms with Crippen LogP contribution in [0.3, 0.4) is 0 Å². The second-order valence-corrected chi connectivity index (χ2v) is 8.95. The Morgan fingerprint density at radius 3 is 2.41 bits per heavy atom. The van der Waals surface area contributed by atoms with Crippen molar-refractivity contribution in [3.05, 3.63) is 70.7 Å². The molecule has 0 radical (unpaired) electrons. The Hall–Kier alpha value is -2.65. The average molecular weight is 508 g/mol. The molecule has 0 N–H and O–H groups in total. The van der Waals surface area contributed by atoms with Gasteiger partial charge in [-0.05, 0) is 72.4 Å². The van der Waals surface area contributed by atoms with E-state index in [2.05, 4.69) is 30.7 Å². The summed E-state index contributed by atoms with van der Waals surface area (Å²) < 4.78 is 37.1. The minimum Gasteiger partial charge on any atom is -0.456 e. The molecule has 2 heterocycles. The molecule has 9 heteroatoms. The number of nitrogens with zero attached hydrogens (tertiary/aromatic N) is 3. The molecular weight excluding hydrogens is 484 g/mol. The zero-order chi connectivity index (χ0) is 23.3. The van der Waals surface area contributed by atoms with Crippen LogP contribution in [0.5, 0.6) is 0 Å². The Morgan fingerprint density at radius 2 is 1.81 bits per heavy atom. The highest BCUT2D eigenvalue weighted by Gasteiger charge is 2.19. The number of carbonyl (C=O) groups excluding carboxylic acids is 1. The first-order valence-corrected chi connectivity index (χ1v) is 10.8. The molecular formula is C23H24BrF2N3O3. The molecule has 0 bridgehead atoms. The highest BCUT2D eigenvalue weighted by atomic mass is 79.9. The SMILES string of the molecule is CC(C)(C)OC(=O)c1ccc(-c2cnn(C(CCOC(F)F)c3ccc(Br)nc3)c2)cc1. The molecule has 3 rings (SSSR count). The van der Waals surface area contributed by atoms with Gasteiger partial charge in [0, 0.05) is 18.0 Å². The zero-order valence-electron chi connectivity index (χ0n) is 18.0. The predicted octanol–water partition coefficient (Wildman–Crippen LogP) is 5.88. The van der Waals surface area contributed by atoms with Gasteiger partial charge in [-0.3, -0.25) is 4.68 Å².